The summed E-state index contributed by atoms with van der Waals surface area (Å²) in [7, 11) is 4.92. The Kier molecular flexibility index (Phi) is 27.5. The van der Waals surface area contributed by atoms with Gasteiger partial charge in [-0.15, -0.1) is 0 Å². The van der Waals surface area contributed by atoms with Crippen LogP contribution in [0.25, 0.3) is 0 Å². The molecule has 0 unspecified atom stereocenters. The van der Waals surface area contributed by atoms with Gasteiger partial charge in [0.2, 0.25) is 0 Å². The van der Waals surface area contributed by atoms with Crippen molar-refractivity contribution >= 4 is 0 Å². The van der Waals surface area contributed by atoms with Crippen LogP contribution in [-0.2, 0) is 0 Å². The molecule has 0 radical (unpaired) electrons. The Morgan fingerprint density at radius 1 is 0.265 bits per heavy atom. The van der Waals surface area contributed by atoms with Gasteiger partial charge < -0.3 is 4.48 Å². The van der Waals surface area contributed by atoms with Gasteiger partial charge in [0.25, 0.3) is 0 Å². The summed E-state index contributed by atoms with van der Waals surface area (Å²) in [5, 5.41) is 0. The summed E-state index contributed by atoms with van der Waals surface area (Å²) in [5.74, 6) is 0. The van der Waals surface area contributed by atoms with Gasteiger partial charge in [-0.25, -0.2) is 0 Å². The van der Waals surface area contributed by atoms with Crippen molar-refractivity contribution in [1.82, 2.24) is 0 Å². The Morgan fingerprint density at radius 2 is 0.441 bits per heavy atom. The lowest BCUT2D eigenvalue weighted by Crippen LogP contribution is -2.41. The largest absolute Gasteiger partial charge is 0.328 e. The van der Waals surface area contributed by atoms with Crippen molar-refractivity contribution in [2.75, 3.05) is 27.2 Å². The Hall–Kier alpha value is -0.0400. The molecule has 0 saturated carbocycles. The van der Waals surface area contributed by atoms with E-state index in [9.17, 15) is 0 Å². The zero-order valence-corrected chi connectivity index (χ0v) is 25.0. The van der Waals surface area contributed by atoms with Gasteiger partial charge in [-0.1, -0.05) is 162 Å². The molecule has 0 bridgehead atoms. The van der Waals surface area contributed by atoms with Crippen molar-refractivity contribution in [3.63, 3.8) is 0 Å². The average molecular weight is 481 g/mol. The lowest BCUT2D eigenvalue weighted by atomic mass is 10.0. The van der Waals surface area contributed by atoms with Crippen LogP contribution in [0.15, 0.2) is 0 Å². The van der Waals surface area contributed by atoms with Crippen LogP contribution in [0.4, 0.5) is 0 Å². The van der Waals surface area contributed by atoms with Crippen LogP contribution in [-0.4, -0.2) is 31.7 Å². The molecule has 1 nitrogen and oxygen atoms in total. The maximum atomic E-state index is 2.46. The number of quaternary nitrogens is 1. The van der Waals surface area contributed by atoms with Crippen LogP contribution in [0.2, 0.25) is 0 Å². The minimum Gasteiger partial charge on any atom is -0.328 e. The molecule has 0 atom stereocenters. The van der Waals surface area contributed by atoms with E-state index in [2.05, 4.69) is 27.9 Å². The Morgan fingerprint density at radius 3 is 0.647 bits per heavy atom. The van der Waals surface area contributed by atoms with Crippen molar-refractivity contribution in [1.29, 1.82) is 0 Å². The molecule has 0 spiro atoms. The standard InChI is InChI=1S/C33H70N/c1-5-7-9-11-13-15-17-19-20-21-23-25-27-29-31-33-34(3,4)32-30-28-26-24-22-18-16-14-12-10-8-6-2/h5-33H2,1-4H3/q+1. The molecule has 0 aromatic rings. The molecule has 34 heavy (non-hydrogen) atoms. The first-order valence-corrected chi connectivity index (χ1v) is 16.4. The van der Waals surface area contributed by atoms with E-state index in [1.54, 1.807) is 0 Å². The minimum atomic E-state index is 1.25. The monoisotopic (exact) mass is 481 g/mol. The highest BCUT2D eigenvalue weighted by molar-refractivity contribution is 4.51. The Bertz CT molecular complexity index is 362. The van der Waals surface area contributed by atoms with Crippen molar-refractivity contribution in [2.45, 2.75) is 187 Å². The fourth-order valence-corrected chi connectivity index (χ4v) is 5.40. The topological polar surface area (TPSA) is 0 Å². The molecule has 0 aliphatic rings. The summed E-state index contributed by atoms with van der Waals surface area (Å²) in [4.78, 5) is 0. The SMILES string of the molecule is CCCCCCCCCCCCCCCCC[N+](C)(C)CCCCCCCCCCCCCC. The minimum absolute atomic E-state index is 1.25. The third kappa shape index (κ3) is 28.2. The predicted octanol–water partition coefficient (Wildman–Crippen LogP) is 11.6. The van der Waals surface area contributed by atoms with Gasteiger partial charge in [-0.05, 0) is 25.7 Å². The highest BCUT2D eigenvalue weighted by Crippen LogP contribution is 2.15. The number of unbranched alkanes of at least 4 members (excludes halogenated alkanes) is 25. The molecule has 0 N–H and O–H groups in total. The van der Waals surface area contributed by atoms with E-state index in [1.807, 2.05) is 0 Å². The molecular formula is C33H70N+. The molecule has 0 fully saturated rings. The molecule has 0 saturated heterocycles. The van der Waals surface area contributed by atoms with Crippen LogP contribution in [0.3, 0.4) is 0 Å². The quantitative estimate of drug-likeness (QED) is 0.0737. The molecule has 0 heterocycles. The van der Waals surface area contributed by atoms with Gasteiger partial charge in [-0.3, -0.25) is 0 Å². The van der Waals surface area contributed by atoms with Crippen LogP contribution in [0.5, 0.6) is 0 Å². The van der Waals surface area contributed by atoms with E-state index in [0.29, 0.717) is 0 Å². The summed E-state index contributed by atoms with van der Waals surface area (Å²) in [6.07, 6.45) is 39.4. The van der Waals surface area contributed by atoms with Gasteiger partial charge >= 0.3 is 0 Å². The van der Waals surface area contributed by atoms with Crippen LogP contribution < -0.4 is 0 Å². The van der Waals surface area contributed by atoms with E-state index in [-0.39, 0.29) is 0 Å². The van der Waals surface area contributed by atoms with Gasteiger partial charge in [-0.2, -0.15) is 0 Å². The number of rotatable bonds is 29. The second-order valence-electron chi connectivity index (χ2n) is 12.2. The molecule has 0 aliphatic heterocycles. The van der Waals surface area contributed by atoms with E-state index >= 15 is 0 Å². The van der Waals surface area contributed by atoms with Crippen molar-refractivity contribution in [3.05, 3.63) is 0 Å². The van der Waals surface area contributed by atoms with Crippen molar-refractivity contribution in [2.24, 2.45) is 0 Å². The van der Waals surface area contributed by atoms with Gasteiger partial charge in [0.05, 0.1) is 27.2 Å². The lowest BCUT2D eigenvalue weighted by Gasteiger charge is -2.30. The van der Waals surface area contributed by atoms with E-state index in [4.69, 9.17) is 0 Å². The maximum absolute atomic E-state index is 2.46. The molecular weight excluding hydrogens is 410 g/mol. The first-order chi connectivity index (χ1) is 16.6. The summed E-state index contributed by atoms with van der Waals surface area (Å²) in [6.45, 7) is 7.38. The average Bonchev–Trinajstić information content (AvgIpc) is 2.82. The fourth-order valence-electron chi connectivity index (χ4n) is 5.40. The second kappa shape index (κ2) is 27.5. The molecule has 1 heteroatoms. The fraction of sp³-hybridized carbons (Fsp3) is 1.00. The van der Waals surface area contributed by atoms with Crippen LogP contribution in [0, 0.1) is 0 Å². The number of hydrogen-bond acceptors (Lipinski definition) is 0. The molecule has 0 rings (SSSR count). The Labute approximate surface area is 218 Å². The summed E-state index contributed by atoms with van der Waals surface area (Å²) < 4.78 is 1.25. The maximum Gasteiger partial charge on any atom is 0.0782 e. The second-order valence-corrected chi connectivity index (χ2v) is 12.2. The smallest absolute Gasteiger partial charge is 0.0782 e. The van der Waals surface area contributed by atoms with Gasteiger partial charge in [0.15, 0.2) is 0 Å². The third-order valence-electron chi connectivity index (χ3n) is 7.98. The lowest BCUT2D eigenvalue weighted by molar-refractivity contribution is -0.890. The predicted molar refractivity (Wildman–Crippen MR) is 158 cm³/mol. The highest BCUT2D eigenvalue weighted by atomic mass is 15.3. The highest BCUT2D eigenvalue weighted by Gasteiger charge is 2.13. The summed E-state index contributed by atoms with van der Waals surface area (Å²) >= 11 is 0. The van der Waals surface area contributed by atoms with Crippen LogP contribution in [0.1, 0.15) is 187 Å². The molecule has 0 aromatic carbocycles. The summed E-state index contributed by atoms with van der Waals surface area (Å²) in [5.41, 5.74) is 0. The Balaban J connectivity index is 3.27. The van der Waals surface area contributed by atoms with Crippen molar-refractivity contribution < 1.29 is 4.48 Å². The van der Waals surface area contributed by atoms with E-state index in [1.165, 1.54) is 191 Å². The first kappa shape index (κ1) is 34.0. The number of nitrogens with zero attached hydrogens (tertiary/aromatic N) is 1. The molecule has 206 valence electrons. The zero-order valence-electron chi connectivity index (χ0n) is 25.0. The van der Waals surface area contributed by atoms with Gasteiger partial charge in [0.1, 0.15) is 0 Å². The normalized spacial score (nSPS) is 12.0. The summed E-state index contributed by atoms with van der Waals surface area (Å²) in [6, 6.07) is 0. The first-order valence-electron chi connectivity index (χ1n) is 16.4. The third-order valence-corrected chi connectivity index (χ3v) is 7.98. The zero-order chi connectivity index (χ0) is 25.0. The van der Waals surface area contributed by atoms with E-state index < -0.39 is 0 Å². The molecule has 0 aromatic heterocycles. The van der Waals surface area contributed by atoms with Crippen molar-refractivity contribution in [3.8, 4) is 0 Å². The molecule has 0 amide bonds. The van der Waals surface area contributed by atoms with E-state index in [0.717, 1.165) is 0 Å². The molecule has 0 aliphatic carbocycles. The van der Waals surface area contributed by atoms with Gasteiger partial charge in [0, 0.05) is 0 Å². The van der Waals surface area contributed by atoms with Crippen LogP contribution >= 0.6 is 0 Å². The number of hydrogen-bond donors (Lipinski definition) is 0.